The number of para-hydroxylation sites is 1. The molecule has 0 fully saturated rings. The summed E-state index contributed by atoms with van der Waals surface area (Å²) in [4.78, 5) is 10.8. The lowest BCUT2D eigenvalue weighted by molar-refractivity contribution is -0.385. The Morgan fingerprint density at radius 3 is 2.74 bits per heavy atom. The van der Waals surface area contributed by atoms with Gasteiger partial charge in [-0.25, -0.2) is 4.40 Å². The number of phenols is 1. The zero-order chi connectivity index (χ0) is 13.7. The third-order valence-electron chi connectivity index (χ3n) is 2.32. The van der Waals surface area contributed by atoms with Crippen LogP contribution in [0.15, 0.2) is 57.8 Å². The van der Waals surface area contributed by atoms with Crippen LogP contribution in [0.5, 0.6) is 5.75 Å². The van der Waals surface area contributed by atoms with Crippen molar-refractivity contribution in [1.29, 1.82) is 0 Å². The molecule has 0 bridgehead atoms. The van der Waals surface area contributed by atoms with Crippen LogP contribution in [0.3, 0.4) is 0 Å². The normalized spacial score (nSPS) is 10.7. The Kier molecular flexibility index (Phi) is 4.15. The van der Waals surface area contributed by atoms with Gasteiger partial charge in [-0.2, -0.15) is 0 Å². The molecular weight excluding hydrogens is 264 g/mol. The number of non-ortho nitro benzene ring substituents is 1. The Morgan fingerprint density at radius 2 is 2.00 bits per heavy atom. The summed E-state index contributed by atoms with van der Waals surface area (Å²) in [7, 11) is 0. The molecule has 0 saturated carbocycles. The van der Waals surface area contributed by atoms with Crippen LogP contribution < -0.4 is 0 Å². The summed E-state index contributed by atoms with van der Waals surface area (Å²) in [5.41, 5.74) is 0.628. The van der Waals surface area contributed by atoms with E-state index < -0.39 is 4.92 Å². The number of nitro benzene ring substituents is 1. The Labute approximate surface area is 113 Å². The van der Waals surface area contributed by atoms with Crippen LogP contribution in [0.1, 0.15) is 5.56 Å². The summed E-state index contributed by atoms with van der Waals surface area (Å²) >= 11 is 1.11. The van der Waals surface area contributed by atoms with Gasteiger partial charge in [0.25, 0.3) is 5.69 Å². The summed E-state index contributed by atoms with van der Waals surface area (Å²) in [6.45, 7) is 0. The lowest BCUT2D eigenvalue weighted by Crippen LogP contribution is -1.86. The van der Waals surface area contributed by atoms with Crippen LogP contribution >= 0.6 is 11.9 Å². The van der Waals surface area contributed by atoms with Crippen LogP contribution in [-0.2, 0) is 0 Å². The molecule has 0 aliphatic carbocycles. The second kappa shape index (κ2) is 6.01. The van der Waals surface area contributed by atoms with Crippen molar-refractivity contribution in [3.8, 4) is 5.75 Å². The summed E-state index contributed by atoms with van der Waals surface area (Å²) in [5.74, 6) is 0.144. The monoisotopic (exact) mass is 274 g/mol. The molecule has 96 valence electrons. The van der Waals surface area contributed by atoms with Crippen molar-refractivity contribution in [3.63, 3.8) is 0 Å². The Hall–Kier alpha value is -2.34. The predicted octanol–water partition coefficient (Wildman–Crippen LogP) is 3.43. The highest BCUT2D eigenvalue weighted by molar-refractivity contribution is 7.98. The van der Waals surface area contributed by atoms with Crippen LogP contribution in [0.4, 0.5) is 5.69 Å². The molecule has 0 atom stereocenters. The fourth-order valence-corrected chi connectivity index (χ4v) is 2.00. The maximum absolute atomic E-state index is 10.6. The summed E-state index contributed by atoms with van der Waals surface area (Å²) in [5, 5.41) is 20.2. The largest absolute Gasteiger partial charge is 0.507 e. The van der Waals surface area contributed by atoms with Gasteiger partial charge < -0.3 is 5.11 Å². The third-order valence-corrected chi connectivity index (χ3v) is 2.99. The van der Waals surface area contributed by atoms with Crippen molar-refractivity contribution >= 4 is 23.8 Å². The van der Waals surface area contributed by atoms with Gasteiger partial charge in [0.15, 0.2) is 0 Å². The number of phenolic OH excluding ortho intramolecular Hbond substituents is 1. The minimum absolute atomic E-state index is 0.0303. The molecule has 0 unspecified atom stereocenters. The minimum Gasteiger partial charge on any atom is -0.507 e. The van der Waals surface area contributed by atoms with E-state index in [1.165, 1.54) is 18.3 Å². The molecule has 0 spiro atoms. The second-order valence-corrected chi connectivity index (χ2v) is 4.50. The first-order valence-corrected chi connectivity index (χ1v) is 6.17. The summed E-state index contributed by atoms with van der Waals surface area (Å²) in [6.07, 6.45) is 1.51. The molecule has 2 aromatic carbocycles. The zero-order valence-corrected chi connectivity index (χ0v) is 10.6. The van der Waals surface area contributed by atoms with E-state index in [-0.39, 0.29) is 11.4 Å². The second-order valence-electron chi connectivity index (χ2n) is 3.64. The van der Waals surface area contributed by atoms with Gasteiger partial charge in [-0.05, 0) is 18.2 Å². The Morgan fingerprint density at radius 1 is 1.21 bits per heavy atom. The van der Waals surface area contributed by atoms with Crippen LogP contribution in [-0.4, -0.2) is 16.2 Å². The van der Waals surface area contributed by atoms with Crippen molar-refractivity contribution in [3.05, 3.63) is 64.2 Å². The highest BCUT2D eigenvalue weighted by Crippen LogP contribution is 2.24. The first kappa shape index (κ1) is 13.1. The quantitative estimate of drug-likeness (QED) is 0.401. The highest BCUT2D eigenvalue weighted by Gasteiger charge is 2.05. The van der Waals surface area contributed by atoms with E-state index in [0.717, 1.165) is 11.9 Å². The molecule has 19 heavy (non-hydrogen) atoms. The molecule has 0 radical (unpaired) electrons. The van der Waals surface area contributed by atoms with Gasteiger partial charge >= 0.3 is 0 Å². The van der Waals surface area contributed by atoms with Crippen LogP contribution in [0, 0.1) is 10.1 Å². The van der Waals surface area contributed by atoms with E-state index in [9.17, 15) is 15.2 Å². The number of aromatic hydroxyl groups is 1. The smallest absolute Gasteiger partial charge is 0.270 e. The number of hydrogen-bond acceptors (Lipinski definition) is 5. The van der Waals surface area contributed by atoms with E-state index in [2.05, 4.69) is 4.40 Å². The van der Waals surface area contributed by atoms with Crippen LogP contribution in [0.25, 0.3) is 0 Å². The summed E-state index contributed by atoms with van der Waals surface area (Å²) < 4.78 is 4.08. The Bertz CT molecular complexity index is 629. The molecule has 0 saturated heterocycles. The fourth-order valence-electron chi connectivity index (χ4n) is 1.39. The number of rotatable bonds is 4. The van der Waals surface area contributed by atoms with E-state index in [1.807, 2.05) is 0 Å². The maximum atomic E-state index is 10.6. The van der Waals surface area contributed by atoms with E-state index >= 15 is 0 Å². The maximum Gasteiger partial charge on any atom is 0.270 e. The predicted molar refractivity (Wildman–Crippen MR) is 74.7 cm³/mol. The van der Waals surface area contributed by atoms with Gasteiger partial charge in [0.05, 0.1) is 4.92 Å². The van der Waals surface area contributed by atoms with Crippen molar-refractivity contribution in [1.82, 2.24) is 0 Å². The average Bonchev–Trinajstić information content (AvgIpc) is 2.41. The van der Waals surface area contributed by atoms with E-state index in [4.69, 9.17) is 0 Å². The van der Waals surface area contributed by atoms with Gasteiger partial charge in [0.1, 0.15) is 5.75 Å². The molecule has 2 rings (SSSR count). The molecule has 5 nitrogen and oxygen atoms in total. The topological polar surface area (TPSA) is 75.7 Å². The molecule has 6 heteroatoms. The van der Waals surface area contributed by atoms with Crippen LogP contribution in [0.2, 0.25) is 0 Å². The SMILES string of the molecule is O=[N+]([O-])c1cccc(S/N=C/c2ccccc2O)c1. The number of hydrogen-bond donors (Lipinski definition) is 1. The zero-order valence-electron chi connectivity index (χ0n) is 9.76. The highest BCUT2D eigenvalue weighted by atomic mass is 32.2. The van der Waals surface area contributed by atoms with E-state index in [0.29, 0.717) is 10.5 Å². The van der Waals surface area contributed by atoms with Crippen molar-refractivity contribution in [2.24, 2.45) is 4.40 Å². The Balaban J connectivity index is 2.09. The number of benzene rings is 2. The van der Waals surface area contributed by atoms with Crippen molar-refractivity contribution in [2.45, 2.75) is 4.90 Å². The van der Waals surface area contributed by atoms with Gasteiger partial charge in [-0.15, -0.1) is 0 Å². The van der Waals surface area contributed by atoms with Gasteiger partial charge in [-0.3, -0.25) is 10.1 Å². The fraction of sp³-hybridized carbons (Fsp3) is 0. The average molecular weight is 274 g/mol. The number of nitro groups is 1. The van der Waals surface area contributed by atoms with Crippen molar-refractivity contribution < 1.29 is 10.0 Å². The molecule has 0 amide bonds. The molecular formula is C13H10N2O3S. The molecule has 0 aliphatic rings. The summed E-state index contributed by atoms with van der Waals surface area (Å²) in [6, 6.07) is 13.0. The first-order chi connectivity index (χ1) is 9.16. The molecule has 0 aliphatic heterocycles. The first-order valence-electron chi connectivity index (χ1n) is 5.39. The van der Waals surface area contributed by atoms with E-state index in [1.54, 1.807) is 36.4 Å². The lowest BCUT2D eigenvalue weighted by atomic mass is 10.2. The third kappa shape index (κ3) is 3.56. The van der Waals surface area contributed by atoms with Crippen molar-refractivity contribution in [2.75, 3.05) is 0 Å². The van der Waals surface area contributed by atoms with Gasteiger partial charge in [-0.1, -0.05) is 18.2 Å². The molecule has 2 aromatic rings. The molecule has 0 aromatic heterocycles. The standard InChI is InChI=1S/C13H10N2O3S/c16-13-7-2-1-4-10(13)9-14-19-12-6-3-5-11(8-12)15(17)18/h1-9,16H/b14-9+. The minimum atomic E-state index is -0.448. The molecule has 1 N–H and O–H groups in total. The van der Waals surface area contributed by atoms with Gasteiger partial charge in [0, 0.05) is 40.8 Å². The molecule has 0 heterocycles. The number of nitrogens with zero attached hydrogens (tertiary/aromatic N) is 2. The lowest BCUT2D eigenvalue weighted by Gasteiger charge is -1.97. The van der Waals surface area contributed by atoms with Gasteiger partial charge in [0.2, 0.25) is 0 Å².